The lowest BCUT2D eigenvalue weighted by Crippen LogP contribution is -2.63. The van der Waals surface area contributed by atoms with Crippen molar-refractivity contribution in [2.45, 2.75) is 64.2 Å². The van der Waals surface area contributed by atoms with E-state index in [1.165, 1.54) is 6.07 Å². The first-order chi connectivity index (χ1) is 23.0. The molecule has 13 heteroatoms. The number of hydrogen-bond donors (Lipinski definition) is 0. The molecule has 1 saturated heterocycles. The highest BCUT2D eigenvalue weighted by Gasteiger charge is 2.53. The first kappa shape index (κ1) is 34.1. The Balaban J connectivity index is 1.38. The van der Waals surface area contributed by atoms with E-state index in [0.717, 1.165) is 38.8 Å². The van der Waals surface area contributed by atoms with Gasteiger partial charge in [-0.2, -0.15) is 0 Å². The Bertz CT molecular complexity index is 1620. The highest BCUT2D eigenvalue weighted by molar-refractivity contribution is 5.97. The second-order valence-corrected chi connectivity index (χ2v) is 11.0. The number of ether oxygens (including phenoxy) is 8. The fraction of sp³-hybridized carbons (Fsp3) is 0.343. The van der Waals surface area contributed by atoms with Crippen molar-refractivity contribution in [3.8, 4) is 11.5 Å². The number of benzene rings is 3. The Morgan fingerprint density at radius 2 is 1.19 bits per heavy atom. The molecule has 0 aromatic heterocycles. The standard InChI is InChI=1S/C35H34O13/c1-20(36)41-19-30-31(43-21(2)37)32(44-22(3)38)33(45-23(4)39)34(46-30)42-18-27(40)24-15-16-28-29(17-24)48-35(47-28,25-11-7-5-8-12-25)26-13-9-6-10-14-26/h5-17,30-34H,18-19H2,1-4H3/t30-,31-,32+,33-,34-/m1/s1. The summed E-state index contributed by atoms with van der Waals surface area (Å²) in [4.78, 5) is 61.2. The fourth-order valence-corrected chi connectivity index (χ4v) is 5.46. The smallest absolute Gasteiger partial charge is 0.305 e. The van der Waals surface area contributed by atoms with Gasteiger partial charge in [-0.15, -0.1) is 0 Å². The third-order valence-corrected chi connectivity index (χ3v) is 7.41. The third kappa shape index (κ3) is 7.64. The van der Waals surface area contributed by atoms with E-state index < -0.39 is 79.4 Å². The Kier molecular flexibility index (Phi) is 10.4. The van der Waals surface area contributed by atoms with Crippen LogP contribution in [0.4, 0.5) is 0 Å². The normalized spacial score (nSPS) is 22.2. The molecular weight excluding hydrogens is 628 g/mol. The van der Waals surface area contributed by atoms with Crippen LogP contribution in [0.25, 0.3) is 0 Å². The number of carbonyl (C=O) groups excluding carboxylic acids is 5. The molecule has 0 bridgehead atoms. The number of rotatable bonds is 11. The van der Waals surface area contributed by atoms with E-state index in [1.807, 2.05) is 60.7 Å². The zero-order valence-electron chi connectivity index (χ0n) is 26.6. The van der Waals surface area contributed by atoms with Gasteiger partial charge in [-0.25, -0.2) is 0 Å². The number of carbonyl (C=O) groups is 5. The van der Waals surface area contributed by atoms with Crippen molar-refractivity contribution in [2.24, 2.45) is 0 Å². The van der Waals surface area contributed by atoms with E-state index in [2.05, 4.69) is 0 Å². The molecule has 0 radical (unpaired) electrons. The van der Waals surface area contributed by atoms with Gasteiger partial charge in [0.05, 0.1) is 0 Å². The molecule has 0 N–H and O–H groups in total. The van der Waals surface area contributed by atoms with E-state index in [1.54, 1.807) is 12.1 Å². The molecule has 0 spiro atoms. The predicted octanol–water partition coefficient (Wildman–Crippen LogP) is 3.64. The molecular formula is C35H34O13. The van der Waals surface area contributed by atoms with Gasteiger partial charge in [-0.3, -0.25) is 24.0 Å². The lowest BCUT2D eigenvalue weighted by molar-refractivity contribution is -0.305. The zero-order chi connectivity index (χ0) is 34.4. The molecule has 2 aliphatic rings. The van der Waals surface area contributed by atoms with Gasteiger partial charge >= 0.3 is 29.7 Å². The highest BCUT2D eigenvalue weighted by atomic mass is 16.7. The fourth-order valence-electron chi connectivity index (χ4n) is 5.46. The first-order valence-corrected chi connectivity index (χ1v) is 15.0. The summed E-state index contributed by atoms with van der Waals surface area (Å²) < 4.78 is 45.8. The molecule has 0 unspecified atom stereocenters. The SMILES string of the molecule is CC(=O)OC[C@H]1O[C@@H](OCC(=O)c2ccc3c(c2)OC(c2ccccc2)(c2ccccc2)O3)[C@H](OC(C)=O)[C@@H](OC(C)=O)[C@@H]1OC(C)=O. The molecule has 5 atom stereocenters. The Morgan fingerprint density at radius 1 is 0.646 bits per heavy atom. The maximum atomic E-state index is 13.5. The van der Waals surface area contributed by atoms with Gasteiger partial charge in [0, 0.05) is 44.4 Å². The van der Waals surface area contributed by atoms with Crippen LogP contribution in [0.15, 0.2) is 78.9 Å². The van der Waals surface area contributed by atoms with E-state index >= 15 is 0 Å². The molecule has 0 amide bonds. The van der Waals surface area contributed by atoms with Crippen molar-refractivity contribution >= 4 is 29.7 Å². The van der Waals surface area contributed by atoms with E-state index in [9.17, 15) is 24.0 Å². The second kappa shape index (κ2) is 14.7. The number of esters is 4. The van der Waals surface area contributed by atoms with Gasteiger partial charge in [-0.1, -0.05) is 60.7 Å². The molecule has 48 heavy (non-hydrogen) atoms. The number of Topliss-reactive ketones (excluding diaryl/α,β-unsaturated/α-hetero) is 1. The molecule has 5 rings (SSSR count). The van der Waals surface area contributed by atoms with Gasteiger partial charge < -0.3 is 37.9 Å². The summed E-state index contributed by atoms with van der Waals surface area (Å²) in [6.07, 6.45) is -6.98. The average Bonchev–Trinajstić information content (AvgIpc) is 3.45. The van der Waals surface area contributed by atoms with Crippen molar-refractivity contribution in [2.75, 3.05) is 13.2 Å². The van der Waals surface area contributed by atoms with E-state index in [0.29, 0.717) is 11.5 Å². The van der Waals surface area contributed by atoms with Crippen LogP contribution in [0, 0.1) is 0 Å². The Hall–Kier alpha value is -5.27. The predicted molar refractivity (Wildman–Crippen MR) is 164 cm³/mol. The van der Waals surface area contributed by atoms with Crippen molar-refractivity contribution in [1.82, 2.24) is 0 Å². The topological polar surface area (TPSA) is 159 Å². The number of hydrogen-bond acceptors (Lipinski definition) is 13. The molecule has 2 aliphatic heterocycles. The van der Waals surface area contributed by atoms with Crippen LogP contribution in [0.5, 0.6) is 11.5 Å². The van der Waals surface area contributed by atoms with Crippen LogP contribution >= 0.6 is 0 Å². The minimum absolute atomic E-state index is 0.208. The quantitative estimate of drug-likeness (QED) is 0.167. The highest BCUT2D eigenvalue weighted by Crippen LogP contribution is 2.48. The summed E-state index contributed by atoms with van der Waals surface area (Å²) in [7, 11) is 0. The summed E-state index contributed by atoms with van der Waals surface area (Å²) in [5.74, 6) is -4.08. The largest absolute Gasteiger partial charge is 0.463 e. The number of fused-ring (bicyclic) bond motifs is 1. The summed E-state index contributed by atoms with van der Waals surface area (Å²) in [5.41, 5.74) is 1.69. The summed E-state index contributed by atoms with van der Waals surface area (Å²) >= 11 is 0. The first-order valence-electron chi connectivity index (χ1n) is 15.0. The van der Waals surface area contributed by atoms with Crippen LogP contribution in [-0.2, 0) is 53.4 Å². The average molecular weight is 663 g/mol. The molecule has 2 heterocycles. The monoisotopic (exact) mass is 662 g/mol. The molecule has 3 aromatic rings. The molecule has 3 aromatic carbocycles. The number of ketones is 1. The zero-order valence-corrected chi connectivity index (χ0v) is 26.6. The maximum Gasteiger partial charge on any atom is 0.305 e. The van der Waals surface area contributed by atoms with Crippen LogP contribution < -0.4 is 9.47 Å². The van der Waals surface area contributed by atoms with Crippen LogP contribution in [0.1, 0.15) is 49.2 Å². The van der Waals surface area contributed by atoms with Crippen LogP contribution in [0.2, 0.25) is 0 Å². The minimum atomic E-state index is -1.51. The second-order valence-electron chi connectivity index (χ2n) is 11.0. The van der Waals surface area contributed by atoms with Crippen molar-refractivity contribution in [3.05, 3.63) is 95.6 Å². The molecule has 0 saturated carbocycles. The van der Waals surface area contributed by atoms with Gasteiger partial charge in [0.25, 0.3) is 0 Å². The molecule has 252 valence electrons. The van der Waals surface area contributed by atoms with Crippen molar-refractivity contribution in [3.63, 3.8) is 0 Å². The third-order valence-electron chi connectivity index (χ3n) is 7.41. The molecule has 0 aliphatic carbocycles. The van der Waals surface area contributed by atoms with Crippen LogP contribution in [-0.4, -0.2) is 73.6 Å². The lowest BCUT2D eigenvalue weighted by atomic mass is 9.97. The Labute approximate surface area is 275 Å². The van der Waals surface area contributed by atoms with Crippen molar-refractivity contribution < 1.29 is 61.9 Å². The summed E-state index contributed by atoms with van der Waals surface area (Å²) in [6.45, 7) is 3.47. The van der Waals surface area contributed by atoms with Gasteiger partial charge in [0.2, 0.25) is 0 Å². The minimum Gasteiger partial charge on any atom is -0.463 e. The van der Waals surface area contributed by atoms with Gasteiger partial charge in [0.1, 0.15) is 19.3 Å². The summed E-state index contributed by atoms with van der Waals surface area (Å²) in [5, 5.41) is 0. The van der Waals surface area contributed by atoms with Gasteiger partial charge in [0.15, 0.2) is 41.9 Å². The summed E-state index contributed by atoms with van der Waals surface area (Å²) in [6, 6.07) is 23.5. The molecule has 1 fully saturated rings. The van der Waals surface area contributed by atoms with Crippen molar-refractivity contribution in [1.29, 1.82) is 0 Å². The van der Waals surface area contributed by atoms with E-state index in [-0.39, 0.29) is 5.56 Å². The van der Waals surface area contributed by atoms with Gasteiger partial charge in [-0.05, 0) is 18.2 Å². The van der Waals surface area contributed by atoms with E-state index in [4.69, 9.17) is 37.9 Å². The van der Waals surface area contributed by atoms with Crippen LogP contribution in [0.3, 0.4) is 0 Å². The maximum absolute atomic E-state index is 13.5. The lowest BCUT2D eigenvalue weighted by Gasteiger charge is -2.43. The molecule has 13 nitrogen and oxygen atoms in total. The Morgan fingerprint density at radius 3 is 1.75 bits per heavy atom.